The lowest BCUT2D eigenvalue weighted by atomic mass is 9.93. The van der Waals surface area contributed by atoms with Gasteiger partial charge in [0.25, 0.3) is 5.91 Å². The molecule has 1 aromatic heterocycles. The zero-order valence-corrected chi connectivity index (χ0v) is 20.8. The van der Waals surface area contributed by atoms with E-state index in [1.165, 1.54) is 25.3 Å². The summed E-state index contributed by atoms with van der Waals surface area (Å²) in [5, 5.41) is 1.14. The molecule has 0 bridgehead atoms. The lowest BCUT2D eigenvalue weighted by Gasteiger charge is -2.32. The summed E-state index contributed by atoms with van der Waals surface area (Å²) < 4.78 is 48.1. The standard InChI is InChI=1S/C25H23Cl2F3N2O4/c1-35-22(33)12-15-6-9-31(10-7-15)24(34)18-3-4-20(26)19(23(18)27)14-32-11-8-16-13-17(2-5-21(16)32)36-25(28,29)30/h2-5,8,11,13,15H,6-7,9-10,12,14H2,1H3. The van der Waals surface area contributed by atoms with Crippen molar-refractivity contribution in [3.8, 4) is 5.75 Å². The van der Waals surface area contributed by atoms with Crippen molar-refractivity contribution in [1.82, 2.24) is 9.47 Å². The molecular formula is C25H23Cl2F3N2O4. The molecule has 4 rings (SSSR count). The number of halogens is 5. The SMILES string of the molecule is COC(=O)CC1CCN(C(=O)c2ccc(Cl)c(Cn3ccc4cc(OC(F)(F)F)ccc43)c2Cl)CC1. The number of ether oxygens (including phenoxy) is 2. The maximum Gasteiger partial charge on any atom is 0.573 e. The first-order chi connectivity index (χ1) is 17.1. The van der Waals surface area contributed by atoms with Gasteiger partial charge in [-0.15, -0.1) is 13.2 Å². The zero-order chi connectivity index (χ0) is 26.0. The van der Waals surface area contributed by atoms with Crippen LogP contribution in [0.5, 0.6) is 5.75 Å². The molecule has 0 atom stereocenters. The molecule has 192 valence electrons. The fourth-order valence-corrected chi connectivity index (χ4v) is 4.99. The van der Waals surface area contributed by atoms with Gasteiger partial charge in [-0.05, 0) is 55.2 Å². The van der Waals surface area contributed by atoms with Crippen molar-refractivity contribution in [1.29, 1.82) is 0 Å². The molecule has 6 nitrogen and oxygen atoms in total. The predicted octanol–water partition coefficient (Wildman–Crippen LogP) is 6.31. The molecule has 3 aromatic rings. The molecule has 1 aliphatic rings. The van der Waals surface area contributed by atoms with Gasteiger partial charge in [-0.2, -0.15) is 0 Å². The number of alkyl halides is 3. The Kier molecular flexibility index (Phi) is 7.70. The van der Waals surface area contributed by atoms with Crippen molar-refractivity contribution >= 4 is 46.0 Å². The average molecular weight is 543 g/mol. The van der Waals surface area contributed by atoms with Crippen molar-refractivity contribution in [2.75, 3.05) is 20.2 Å². The van der Waals surface area contributed by atoms with Gasteiger partial charge in [0.15, 0.2) is 0 Å². The summed E-state index contributed by atoms with van der Waals surface area (Å²) in [4.78, 5) is 26.5. The number of hydrogen-bond acceptors (Lipinski definition) is 4. The second-order valence-electron chi connectivity index (χ2n) is 8.62. The first-order valence-corrected chi connectivity index (χ1v) is 12.0. The van der Waals surface area contributed by atoms with Gasteiger partial charge < -0.3 is 18.9 Å². The largest absolute Gasteiger partial charge is 0.573 e. The second-order valence-corrected chi connectivity index (χ2v) is 9.40. The van der Waals surface area contributed by atoms with E-state index in [2.05, 4.69) is 4.74 Å². The number of hydrogen-bond donors (Lipinski definition) is 0. The Morgan fingerprint density at radius 2 is 1.81 bits per heavy atom. The number of aromatic nitrogens is 1. The number of methoxy groups -OCH3 is 1. The lowest BCUT2D eigenvalue weighted by Crippen LogP contribution is -2.39. The van der Waals surface area contributed by atoms with E-state index in [1.807, 2.05) is 0 Å². The van der Waals surface area contributed by atoms with Crippen molar-refractivity contribution in [2.24, 2.45) is 5.92 Å². The monoisotopic (exact) mass is 542 g/mol. The maximum atomic E-state index is 13.2. The van der Waals surface area contributed by atoms with Gasteiger partial charge >= 0.3 is 12.3 Å². The van der Waals surface area contributed by atoms with Crippen LogP contribution >= 0.6 is 23.2 Å². The molecular weight excluding hydrogens is 520 g/mol. The molecule has 0 spiro atoms. The topological polar surface area (TPSA) is 60.8 Å². The number of piperidine rings is 1. The molecule has 2 aromatic carbocycles. The second kappa shape index (κ2) is 10.6. The van der Waals surface area contributed by atoms with Gasteiger partial charge in [0.05, 0.1) is 24.2 Å². The van der Waals surface area contributed by atoms with Crippen LogP contribution in [0.25, 0.3) is 10.9 Å². The van der Waals surface area contributed by atoms with E-state index in [1.54, 1.807) is 33.9 Å². The fraction of sp³-hybridized carbons (Fsp3) is 0.360. The Morgan fingerprint density at radius 1 is 1.08 bits per heavy atom. The van der Waals surface area contributed by atoms with Gasteiger partial charge in [-0.25, -0.2) is 0 Å². The Morgan fingerprint density at radius 3 is 2.47 bits per heavy atom. The minimum absolute atomic E-state index is 0.168. The van der Waals surface area contributed by atoms with E-state index in [0.717, 1.165) is 0 Å². The minimum atomic E-state index is -4.78. The smallest absolute Gasteiger partial charge is 0.469 e. The minimum Gasteiger partial charge on any atom is -0.469 e. The molecule has 0 aliphatic carbocycles. The quantitative estimate of drug-likeness (QED) is 0.342. The normalized spacial score (nSPS) is 14.8. The van der Waals surface area contributed by atoms with Gasteiger partial charge in [0.1, 0.15) is 5.75 Å². The molecule has 1 saturated heterocycles. The van der Waals surface area contributed by atoms with Crippen LogP contribution in [0.1, 0.15) is 35.2 Å². The van der Waals surface area contributed by atoms with Crippen LogP contribution in [-0.4, -0.2) is 47.9 Å². The van der Waals surface area contributed by atoms with Crippen molar-refractivity contribution in [3.63, 3.8) is 0 Å². The number of amides is 1. The molecule has 1 amide bonds. The summed E-state index contributed by atoms with van der Waals surface area (Å²) in [5.41, 5.74) is 1.50. The number of esters is 1. The van der Waals surface area contributed by atoms with Crippen LogP contribution in [0, 0.1) is 5.92 Å². The van der Waals surface area contributed by atoms with Crippen molar-refractivity contribution < 1.29 is 32.2 Å². The lowest BCUT2D eigenvalue weighted by molar-refractivity contribution is -0.274. The molecule has 0 unspecified atom stereocenters. The van der Waals surface area contributed by atoms with Crippen molar-refractivity contribution in [3.05, 3.63) is 63.8 Å². The third-order valence-electron chi connectivity index (χ3n) is 6.31. The summed E-state index contributed by atoms with van der Waals surface area (Å²) in [6.07, 6.45) is -1.36. The Hall–Kier alpha value is -2.91. The molecule has 36 heavy (non-hydrogen) atoms. The summed E-state index contributed by atoms with van der Waals surface area (Å²) >= 11 is 13.1. The first-order valence-electron chi connectivity index (χ1n) is 11.2. The molecule has 0 saturated carbocycles. The van der Waals surface area contributed by atoms with Crippen LogP contribution < -0.4 is 4.74 Å². The van der Waals surface area contributed by atoms with Crippen LogP contribution in [0.2, 0.25) is 10.0 Å². The van der Waals surface area contributed by atoms with Crippen LogP contribution in [0.3, 0.4) is 0 Å². The highest BCUT2D eigenvalue weighted by molar-refractivity contribution is 6.38. The highest BCUT2D eigenvalue weighted by Crippen LogP contribution is 2.33. The molecule has 1 aliphatic heterocycles. The van der Waals surface area contributed by atoms with E-state index >= 15 is 0 Å². The highest BCUT2D eigenvalue weighted by Gasteiger charge is 2.31. The van der Waals surface area contributed by atoms with Gasteiger partial charge in [-0.1, -0.05) is 23.2 Å². The number of carbonyl (C=O) groups is 2. The molecule has 2 heterocycles. The summed E-state index contributed by atoms with van der Waals surface area (Å²) in [6, 6.07) is 8.91. The van der Waals surface area contributed by atoms with Crippen molar-refractivity contribution in [2.45, 2.75) is 32.2 Å². The van der Waals surface area contributed by atoms with E-state index in [-0.39, 0.29) is 35.1 Å². The van der Waals surface area contributed by atoms with Gasteiger partial charge in [-0.3, -0.25) is 9.59 Å². The third-order valence-corrected chi connectivity index (χ3v) is 7.09. The average Bonchev–Trinajstić information content (AvgIpc) is 3.22. The molecule has 11 heteroatoms. The number of nitrogens with zero attached hydrogens (tertiary/aromatic N) is 2. The molecule has 1 fully saturated rings. The molecule has 0 radical (unpaired) electrons. The van der Waals surface area contributed by atoms with E-state index in [4.69, 9.17) is 27.9 Å². The number of rotatable bonds is 6. The van der Waals surface area contributed by atoms with Gasteiger partial charge in [0.2, 0.25) is 0 Å². The Labute approximate surface area is 215 Å². The summed E-state index contributed by atoms with van der Waals surface area (Å²) in [5.74, 6) is -0.624. The number of likely N-dealkylation sites (tertiary alicyclic amines) is 1. The fourth-order valence-electron chi connectivity index (χ4n) is 4.42. The number of carbonyl (C=O) groups excluding carboxylic acids is 2. The Bertz CT molecular complexity index is 1280. The summed E-state index contributed by atoms with van der Waals surface area (Å²) in [6.45, 7) is 1.21. The zero-order valence-electron chi connectivity index (χ0n) is 19.3. The van der Waals surface area contributed by atoms with E-state index in [9.17, 15) is 22.8 Å². The first kappa shape index (κ1) is 26.2. The molecule has 0 N–H and O–H groups in total. The summed E-state index contributed by atoms with van der Waals surface area (Å²) in [7, 11) is 1.36. The van der Waals surface area contributed by atoms with Crippen LogP contribution in [0.4, 0.5) is 13.2 Å². The van der Waals surface area contributed by atoms with E-state index in [0.29, 0.717) is 59.4 Å². The predicted molar refractivity (Wildman–Crippen MR) is 129 cm³/mol. The number of benzene rings is 2. The third kappa shape index (κ3) is 5.90. The maximum absolute atomic E-state index is 13.2. The van der Waals surface area contributed by atoms with Crippen LogP contribution in [-0.2, 0) is 16.1 Å². The van der Waals surface area contributed by atoms with Gasteiger partial charge in [0, 0.05) is 47.2 Å². The van der Waals surface area contributed by atoms with E-state index < -0.39 is 6.36 Å². The Balaban J connectivity index is 1.52. The number of fused-ring (bicyclic) bond motifs is 1. The van der Waals surface area contributed by atoms with Crippen LogP contribution in [0.15, 0.2) is 42.6 Å². The highest BCUT2D eigenvalue weighted by atomic mass is 35.5.